The second kappa shape index (κ2) is 9.22. The summed E-state index contributed by atoms with van der Waals surface area (Å²) in [5.41, 5.74) is 11.3. The molecule has 0 aromatic rings. The largest absolute Gasteiger partial charge is 0.355 e. The van der Waals surface area contributed by atoms with E-state index in [2.05, 4.69) is 0 Å². The van der Waals surface area contributed by atoms with Crippen LogP contribution in [0.25, 0.3) is 0 Å². The summed E-state index contributed by atoms with van der Waals surface area (Å²) in [7, 11) is 0. The Morgan fingerprint density at radius 2 is 1.27 bits per heavy atom. The van der Waals surface area contributed by atoms with Gasteiger partial charge in [0.25, 0.3) is 0 Å². The summed E-state index contributed by atoms with van der Waals surface area (Å²) in [6.45, 7) is 7.93. The van der Waals surface area contributed by atoms with Crippen LogP contribution in [0.5, 0.6) is 0 Å². The number of hydrogen-bond acceptors (Lipinski definition) is 10. The number of nitrogens with two attached hydrogens (primary N) is 2. The van der Waals surface area contributed by atoms with Crippen LogP contribution in [0, 0.1) is 10.8 Å². The number of ether oxygens (including phenoxy) is 8. The van der Waals surface area contributed by atoms with E-state index in [-0.39, 0.29) is 29.2 Å². The highest BCUT2D eigenvalue weighted by molar-refractivity contribution is 4.93. The lowest BCUT2D eigenvalue weighted by atomic mass is 9.88. The van der Waals surface area contributed by atoms with Gasteiger partial charge in [-0.15, -0.1) is 0 Å². The molecule has 2 spiro atoms. The third-order valence-corrected chi connectivity index (χ3v) is 5.99. The van der Waals surface area contributed by atoms with E-state index in [0.717, 1.165) is 0 Å². The van der Waals surface area contributed by atoms with Gasteiger partial charge in [-0.1, -0.05) is 0 Å². The predicted molar refractivity (Wildman–Crippen MR) is 104 cm³/mol. The average molecular weight is 433 g/mol. The van der Waals surface area contributed by atoms with Crippen LogP contribution in [0.4, 0.5) is 0 Å². The molecule has 0 aromatic carbocycles. The fraction of sp³-hybridized carbons (Fsp3) is 1.00. The quantitative estimate of drug-likeness (QED) is 0.609. The van der Waals surface area contributed by atoms with Crippen LogP contribution in [0.3, 0.4) is 0 Å². The van der Waals surface area contributed by atoms with Crippen molar-refractivity contribution in [3.8, 4) is 0 Å². The maximum atomic E-state index is 6.26. The van der Waals surface area contributed by atoms with E-state index in [1.165, 1.54) is 0 Å². The first-order chi connectivity index (χ1) is 14.3. The van der Waals surface area contributed by atoms with Crippen molar-refractivity contribution < 1.29 is 37.9 Å². The molecule has 4 aliphatic heterocycles. The first-order valence-electron chi connectivity index (χ1n) is 10.8. The molecule has 10 nitrogen and oxygen atoms in total. The SMILES string of the molecule is CC(N)CC1OCC2(CO1)COC(C1(CC(C)N)OCC3(COCOC3)CO1)OC2. The molecule has 174 valence electrons. The molecule has 0 radical (unpaired) electrons. The molecule has 30 heavy (non-hydrogen) atoms. The second-order valence-electron chi connectivity index (χ2n) is 9.60. The van der Waals surface area contributed by atoms with E-state index < -0.39 is 12.1 Å². The van der Waals surface area contributed by atoms with Gasteiger partial charge >= 0.3 is 0 Å². The maximum Gasteiger partial charge on any atom is 0.222 e. The van der Waals surface area contributed by atoms with Crippen molar-refractivity contribution >= 4 is 0 Å². The van der Waals surface area contributed by atoms with E-state index >= 15 is 0 Å². The third kappa shape index (κ3) is 4.98. The van der Waals surface area contributed by atoms with Crippen molar-refractivity contribution in [2.45, 2.75) is 57.1 Å². The molecule has 4 fully saturated rings. The Morgan fingerprint density at radius 1 is 0.733 bits per heavy atom. The zero-order chi connectivity index (χ0) is 21.2. The average Bonchev–Trinajstić information content (AvgIpc) is 2.73. The van der Waals surface area contributed by atoms with Gasteiger partial charge in [0, 0.05) is 24.9 Å². The van der Waals surface area contributed by atoms with Crippen LogP contribution in [-0.2, 0) is 37.9 Å². The predicted octanol–water partition coefficient (Wildman–Crippen LogP) is -0.0730. The summed E-state index contributed by atoms with van der Waals surface area (Å²) in [4.78, 5) is 0. The van der Waals surface area contributed by atoms with Gasteiger partial charge < -0.3 is 49.4 Å². The van der Waals surface area contributed by atoms with E-state index in [4.69, 9.17) is 49.4 Å². The van der Waals surface area contributed by atoms with Crippen LogP contribution in [-0.4, -0.2) is 90.1 Å². The lowest BCUT2D eigenvalue weighted by molar-refractivity contribution is -0.423. The Hall–Kier alpha value is -0.400. The monoisotopic (exact) mass is 432 g/mol. The van der Waals surface area contributed by atoms with Crippen LogP contribution >= 0.6 is 0 Å². The molecule has 4 rings (SSSR count). The van der Waals surface area contributed by atoms with Crippen molar-refractivity contribution in [3.05, 3.63) is 0 Å². The van der Waals surface area contributed by atoms with Crippen LogP contribution in [0.15, 0.2) is 0 Å². The molecule has 0 aromatic heterocycles. The Kier molecular flexibility index (Phi) is 7.00. The zero-order valence-corrected chi connectivity index (χ0v) is 18.0. The van der Waals surface area contributed by atoms with Crippen molar-refractivity contribution in [1.82, 2.24) is 0 Å². The third-order valence-electron chi connectivity index (χ3n) is 5.99. The molecule has 4 N–H and O–H groups in total. The van der Waals surface area contributed by atoms with Crippen molar-refractivity contribution in [2.75, 3.05) is 59.6 Å². The normalized spacial score (nSPS) is 38.4. The lowest BCUT2D eigenvalue weighted by Crippen LogP contribution is -2.64. The zero-order valence-electron chi connectivity index (χ0n) is 18.0. The minimum absolute atomic E-state index is 0.0225. The molecule has 0 bridgehead atoms. The summed E-state index contributed by atoms with van der Waals surface area (Å²) in [5.74, 6) is -1.06. The highest BCUT2D eigenvalue weighted by Gasteiger charge is 2.55. The van der Waals surface area contributed by atoms with E-state index in [0.29, 0.717) is 72.5 Å². The highest BCUT2D eigenvalue weighted by atomic mass is 16.8. The van der Waals surface area contributed by atoms with Gasteiger partial charge in [-0.05, 0) is 13.8 Å². The van der Waals surface area contributed by atoms with Gasteiger partial charge in [-0.3, -0.25) is 0 Å². The molecule has 0 saturated carbocycles. The van der Waals surface area contributed by atoms with Crippen molar-refractivity contribution in [1.29, 1.82) is 0 Å². The molecule has 0 amide bonds. The first kappa shape index (κ1) is 22.8. The van der Waals surface area contributed by atoms with Gasteiger partial charge in [-0.2, -0.15) is 0 Å². The summed E-state index contributed by atoms with van der Waals surface area (Å²) in [6.07, 6.45) is 0.151. The summed E-state index contributed by atoms with van der Waals surface area (Å²) >= 11 is 0. The summed E-state index contributed by atoms with van der Waals surface area (Å²) < 4.78 is 47.4. The van der Waals surface area contributed by atoms with Gasteiger partial charge in [0.2, 0.25) is 12.1 Å². The van der Waals surface area contributed by atoms with Crippen LogP contribution in [0.1, 0.15) is 26.7 Å². The smallest absolute Gasteiger partial charge is 0.222 e. The summed E-state index contributed by atoms with van der Waals surface area (Å²) in [5, 5.41) is 0. The van der Waals surface area contributed by atoms with Gasteiger partial charge in [0.15, 0.2) is 6.29 Å². The first-order valence-corrected chi connectivity index (χ1v) is 10.8. The van der Waals surface area contributed by atoms with E-state index in [1.54, 1.807) is 0 Å². The Balaban J connectivity index is 1.35. The molecule has 0 aliphatic carbocycles. The number of rotatable bonds is 5. The van der Waals surface area contributed by atoms with E-state index in [9.17, 15) is 0 Å². The molecule has 10 heteroatoms. The molecule has 2 atom stereocenters. The summed E-state index contributed by atoms with van der Waals surface area (Å²) in [6, 6.07) is -0.129. The van der Waals surface area contributed by atoms with Gasteiger partial charge in [0.05, 0.1) is 63.7 Å². The molecular formula is C20H36N2O8. The maximum absolute atomic E-state index is 6.26. The van der Waals surface area contributed by atoms with Crippen LogP contribution in [0.2, 0.25) is 0 Å². The standard InChI is InChI=1S/C20H36N2O8/c1-14(21)3-16-25-7-19(8-26-16)9-27-17(28-10-19)20(4-15(2)22)29-11-18(12-30-20)5-23-13-24-6-18/h14-17H,3-13,21-22H2,1-2H3. The topological polar surface area (TPSA) is 126 Å². The Bertz CT molecular complexity index is 541. The fourth-order valence-electron chi connectivity index (χ4n) is 4.30. The molecular weight excluding hydrogens is 396 g/mol. The Morgan fingerprint density at radius 3 is 1.80 bits per heavy atom. The van der Waals surface area contributed by atoms with Crippen LogP contribution < -0.4 is 11.5 Å². The molecule has 2 unspecified atom stereocenters. The minimum Gasteiger partial charge on any atom is -0.355 e. The van der Waals surface area contributed by atoms with Crippen molar-refractivity contribution in [2.24, 2.45) is 22.3 Å². The lowest BCUT2D eigenvalue weighted by Gasteiger charge is -2.52. The number of hydrogen-bond donors (Lipinski definition) is 2. The van der Waals surface area contributed by atoms with Crippen molar-refractivity contribution in [3.63, 3.8) is 0 Å². The molecule has 4 heterocycles. The molecule has 4 aliphatic rings. The van der Waals surface area contributed by atoms with Gasteiger partial charge in [-0.25, -0.2) is 0 Å². The Labute approximate surface area is 177 Å². The van der Waals surface area contributed by atoms with Gasteiger partial charge in [0.1, 0.15) is 6.79 Å². The second-order valence-corrected chi connectivity index (χ2v) is 9.60. The minimum atomic E-state index is -1.06. The fourth-order valence-corrected chi connectivity index (χ4v) is 4.30. The molecule has 4 saturated heterocycles. The highest BCUT2D eigenvalue weighted by Crippen LogP contribution is 2.41. The van der Waals surface area contributed by atoms with E-state index in [1.807, 2.05) is 13.8 Å².